The Morgan fingerprint density at radius 1 is 1.15 bits per heavy atom. The van der Waals surface area contributed by atoms with Gasteiger partial charge in [-0.25, -0.2) is 9.18 Å². The first-order chi connectivity index (χ1) is 19.7. The summed E-state index contributed by atoms with van der Waals surface area (Å²) in [7, 11) is 1.17. The second-order valence-corrected chi connectivity index (χ2v) is 10.9. The molecule has 0 N–H and O–H groups in total. The maximum atomic E-state index is 15.0. The van der Waals surface area contributed by atoms with Crippen LogP contribution in [0.4, 0.5) is 10.1 Å². The van der Waals surface area contributed by atoms with Crippen molar-refractivity contribution in [1.29, 1.82) is 0 Å². The minimum Gasteiger partial charge on any atom is -0.477 e. The first kappa shape index (κ1) is 26.7. The number of fused-ring (bicyclic) bond motifs is 6. The average molecular weight is 557 g/mol. The van der Waals surface area contributed by atoms with Crippen LogP contribution in [0.25, 0.3) is 0 Å². The number of nitro groups is 1. The Morgan fingerprint density at radius 2 is 1.88 bits per heavy atom. The van der Waals surface area contributed by atoms with Crippen molar-refractivity contribution < 1.29 is 28.4 Å². The average Bonchev–Trinajstić information content (AvgIpc) is 3.43. The van der Waals surface area contributed by atoms with E-state index < -0.39 is 45.6 Å². The van der Waals surface area contributed by atoms with E-state index in [2.05, 4.69) is 0 Å². The number of rotatable bonds is 6. The molecule has 0 saturated carbocycles. The second-order valence-electron chi connectivity index (χ2n) is 10.9. The molecule has 210 valence electrons. The van der Waals surface area contributed by atoms with E-state index in [0.717, 1.165) is 12.0 Å². The van der Waals surface area contributed by atoms with Gasteiger partial charge in [0, 0.05) is 34.4 Å². The highest BCUT2D eigenvalue weighted by Gasteiger charge is 2.78. The van der Waals surface area contributed by atoms with Gasteiger partial charge in [0.1, 0.15) is 17.0 Å². The van der Waals surface area contributed by atoms with E-state index >= 15 is 4.39 Å². The van der Waals surface area contributed by atoms with Gasteiger partial charge < -0.3 is 14.4 Å². The third kappa shape index (κ3) is 3.51. The molecule has 8 nitrogen and oxygen atoms in total. The fourth-order valence-electron chi connectivity index (χ4n) is 6.92. The molecule has 1 spiro atoms. The first-order valence-electron chi connectivity index (χ1n) is 13.6. The van der Waals surface area contributed by atoms with Crippen molar-refractivity contribution in [2.75, 3.05) is 18.6 Å². The number of unbranched alkanes of at least 4 members (excludes halogenated alkanes) is 1. The number of amides is 1. The largest absolute Gasteiger partial charge is 0.477 e. The standard InChI is InChI=1S/C32H29FN2O6/c1-4-5-16-34-25-15-14-21(33)17-23(25)32(30(34)37)24(29(36)40-3)18-31(35(38)39)27(32)22-8-6-7-9-26(22)41-28(31)20-12-10-19(2)11-13-20/h6-15,17-18,27-28H,4-5,16H2,1-3H3. The number of benzene rings is 3. The summed E-state index contributed by atoms with van der Waals surface area (Å²) in [4.78, 5) is 43.0. The summed E-state index contributed by atoms with van der Waals surface area (Å²) >= 11 is 0. The number of hydrogen-bond donors (Lipinski definition) is 0. The van der Waals surface area contributed by atoms with E-state index in [0.29, 0.717) is 35.5 Å². The number of para-hydroxylation sites is 1. The lowest BCUT2D eigenvalue weighted by Crippen LogP contribution is -2.57. The Hall–Kier alpha value is -4.53. The fourth-order valence-corrected chi connectivity index (χ4v) is 6.92. The van der Waals surface area contributed by atoms with Crippen LogP contribution < -0.4 is 9.64 Å². The van der Waals surface area contributed by atoms with E-state index in [-0.39, 0.29) is 11.1 Å². The van der Waals surface area contributed by atoms with Crippen LogP contribution in [0.2, 0.25) is 0 Å². The van der Waals surface area contributed by atoms with E-state index in [1.54, 1.807) is 36.4 Å². The van der Waals surface area contributed by atoms with Crippen LogP contribution in [0, 0.1) is 22.9 Å². The molecule has 3 aromatic rings. The molecule has 41 heavy (non-hydrogen) atoms. The second kappa shape index (κ2) is 9.54. The highest BCUT2D eigenvalue weighted by Crippen LogP contribution is 2.68. The normalized spacial score (nSPS) is 25.7. The van der Waals surface area contributed by atoms with Crippen LogP contribution in [0.3, 0.4) is 0 Å². The van der Waals surface area contributed by atoms with Gasteiger partial charge in [-0.1, -0.05) is 61.4 Å². The number of anilines is 1. The van der Waals surface area contributed by atoms with Gasteiger partial charge in [-0.2, -0.15) is 0 Å². The predicted octanol–water partition coefficient (Wildman–Crippen LogP) is 5.56. The van der Waals surface area contributed by atoms with Crippen LogP contribution in [0.1, 0.15) is 54.0 Å². The Balaban J connectivity index is 1.74. The Bertz CT molecular complexity index is 1620. The molecule has 6 rings (SSSR count). The third-order valence-corrected chi connectivity index (χ3v) is 8.68. The molecule has 3 aliphatic rings. The van der Waals surface area contributed by atoms with E-state index in [4.69, 9.17) is 9.47 Å². The number of aryl methyl sites for hydroxylation is 1. The molecule has 4 atom stereocenters. The predicted molar refractivity (Wildman–Crippen MR) is 149 cm³/mol. The number of carbonyl (C=O) groups excluding carboxylic acids is 2. The Labute approximate surface area is 236 Å². The maximum absolute atomic E-state index is 15.0. The Morgan fingerprint density at radius 3 is 2.56 bits per heavy atom. The van der Waals surface area contributed by atoms with Crippen molar-refractivity contribution >= 4 is 17.6 Å². The smallest absolute Gasteiger partial charge is 0.335 e. The maximum Gasteiger partial charge on any atom is 0.335 e. The van der Waals surface area contributed by atoms with Crippen LogP contribution >= 0.6 is 0 Å². The number of halogens is 1. The van der Waals surface area contributed by atoms with Crippen LogP contribution in [0.5, 0.6) is 5.75 Å². The zero-order chi connectivity index (χ0) is 29.1. The summed E-state index contributed by atoms with van der Waals surface area (Å²) in [6, 6.07) is 18.0. The van der Waals surface area contributed by atoms with Crippen LogP contribution in [-0.2, 0) is 19.7 Å². The van der Waals surface area contributed by atoms with Crippen molar-refractivity contribution in [3.63, 3.8) is 0 Å². The summed E-state index contributed by atoms with van der Waals surface area (Å²) in [6.07, 6.45) is 1.47. The molecule has 0 bridgehead atoms. The number of esters is 1. The van der Waals surface area contributed by atoms with Gasteiger partial charge in [-0.3, -0.25) is 14.9 Å². The van der Waals surface area contributed by atoms with Crippen LogP contribution in [0.15, 0.2) is 78.4 Å². The van der Waals surface area contributed by atoms with Gasteiger partial charge in [-0.05, 0) is 43.2 Å². The minimum absolute atomic E-state index is 0.185. The molecule has 3 aromatic carbocycles. The quantitative estimate of drug-likeness (QED) is 0.224. The highest BCUT2D eigenvalue weighted by atomic mass is 19.1. The lowest BCUT2D eigenvalue weighted by Gasteiger charge is -2.44. The third-order valence-electron chi connectivity index (χ3n) is 8.68. The minimum atomic E-state index is -2.10. The highest BCUT2D eigenvalue weighted by molar-refractivity contribution is 6.17. The van der Waals surface area contributed by atoms with Crippen LogP contribution in [-0.4, -0.2) is 36.0 Å². The molecular formula is C32H29FN2O6. The number of nitrogens with zero attached hydrogens (tertiary/aromatic N) is 2. The Kier molecular flexibility index (Phi) is 6.21. The molecule has 2 aliphatic heterocycles. The molecule has 2 heterocycles. The number of methoxy groups -OCH3 is 1. The summed E-state index contributed by atoms with van der Waals surface area (Å²) in [6.45, 7) is 4.19. The van der Waals surface area contributed by atoms with Gasteiger partial charge in [-0.15, -0.1) is 0 Å². The van der Waals surface area contributed by atoms with Gasteiger partial charge in [0.2, 0.25) is 5.91 Å². The molecular weight excluding hydrogens is 527 g/mol. The lowest BCUT2D eigenvalue weighted by molar-refractivity contribution is -0.574. The summed E-state index contributed by atoms with van der Waals surface area (Å²) < 4.78 is 26.6. The summed E-state index contributed by atoms with van der Waals surface area (Å²) in [5.41, 5.74) is -1.72. The van der Waals surface area contributed by atoms with Crippen molar-refractivity contribution in [2.24, 2.45) is 0 Å². The van der Waals surface area contributed by atoms with E-state index in [9.17, 15) is 19.7 Å². The zero-order valence-corrected chi connectivity index (χ0v) is 22.9. The monoisotopic (exact) mass is 556 g/mol. The molecule has 0 saturated heterocycles. The zero-order valence-electron chi connectivity index (χ0n) is 22.9. The molecule has 1 aliphatic carbocycles. The first-order valence-corrected chi connectivity index (χ1v) is 13.6. The number of carbonyl (C=O) groups is 2. The molecule has 9 heteroatoms. The van der Waals surface area contributed by atoms with Crippen molar-refractivity contribution in [3.05, 3.63) is 117 Å². The van der Waals surface area contributed by atoms with E-state index in [1.807, 2.05) is 26.0 Å². The SMILES string of the molecule is CCCCN1C(=O)C2(C(C(=O)OC)=CC3([N+](=O)[O-])C(c4ccc(C)cc4)Oc4ccccc4C23)c2cc(F)ccc21. The molecule has 0 radical (unpaired) electrons. The van der Waals surface area contributed by atoms with Crippen molar-refractivity contribution in [2.45, 2.75) is 49.7 Å². The van der Waals surface area contributed by atoms with Crippen molar-refractivity contribution in [1.82, 2.24) is 0 Å². The van der Waals surface area contributed by atoms with E-state index in [1.165, 1.54) is 36.3 Å². The molecule has 1 amide bonds. The topological polar surface area (TPSA) is 99.0 Å². The van der Waals surface area contributed by atoms with Gasteiger partial charge in [0.25, 0.3) is 5.54 Å². The molecule has 0 fully saturated rings. The fraction of sp³-hybridized carbons (Fsp3) is 0.312. The number of ether oxygens (including phenoxy) is 2. The van der Waals surface area contributed by atoms with Gasteiger partial charge in [0.15, 0.2) is 6.10 Å². The number of hydrogen-bond acceptors (Lipinski definition) is 6. The summed E-state index contributed by atoms with van der Waals surface area (Å²) in [5.74, 6) is -2.91. The van der Waals surface area contributed by atoms with Crippen molar-refractivity contribution in [3.8, 4) is 5.75 Å². The molecule has 0 aromatic heterocycles. The summed E-state index contributed by atoms with van der Waals surface area (Å²) in [5, 5.41) is 13.5. The molecule has 4 unspecified atom stereocenters. The lowest BCUT2D eigenvalue weighted by atomic mass is 9.60. The van der Waals surface area contributed by atoms with Gasteiger partial charge >= 0.3 is 5.97 Å². The van der Waals surface area contributed by atoms with Gasteiger partial charge in [0.05, 0.1) is 18.6 Å².